The predicted octanol–water partition coefficient (Wildman–Crippen LogP) is 5.28. The lowest BCUT2D eigenvalue weighted by atomic mass is 9.95. The van der Waals surface area contributed by atoms with Gasteiger partial charge in [-0.15, -0.1) is 0 Å². The highest BCUT2D eigenvalue weighted by Gasteiger charge is 2.34. The van der Waals surface area contributed by atoms with Gasteiger partial charge in [-0.2, -0.15) is 0 Å². The summed E-state index contributed by atoms with van der Waals surface area (Å²) in [5, 5.41) is 0. The van der Waals surface area contributed by atoms with E-state index in [9.17, 15) is 0 Å². The van der Waals surface area contributed by atoms with Crippen molar-refractivity contribution in [2.75, 3.05) is 6.16 Å². The molecule has 1 fully saturated rings. The van der Waals surface area contributed by atoms with E-state index in [4.69, 9.17) is 4.99 Å². The lowest BCUT2D eigenvalue weighted by Crippen LogP contribution is -2.14. The average molecular weight is 261 g/mol. The first-order valence-electron chi connectivity index (χ1n) is 7.00. The van der Waals surface area contributed by atoms with Crippen LogP contribution in [-0.2, 0) is 0 Å². The molecule has 0 bridgehead atoms. The molecule has 18 heavy (non-hydrogen) atoms. The Kier molecular flexibility index (Phi) is 4.56. The topological polar surface area (TPSA) is 12.4 Å². The smallest absolute Gasteiger partial charge is 0.0633 e. The molecule has 0 amide bonds. The summed E-state index contributed by atoms with van der Waals surface area (Å²) in [6.45, 7) is 9.39. The fourth-order valence-electron chi connectivity index (χ4n) is 2.67. The summed E-state index contributed by atoms with van der Waals surface area (Å²) in [5.41, 5.74) is 3.42. The molecular weight excluding hydrogens is 237 g/mol. The monoisotopic (exact) mass is 261 g/mol. The Labute approximate surface area is 112 Å². The van der Waals surface area contributed by atoms with Crippen LogP contribution >= 0.6 is 7.92 Å². The molecular formula is C16H24NP. The van der Waals surface area contributed by atoms with Crippen molar-refractivity contribution in [2.24, 2.45) is 16.8 Å². The number of hydrogen-bond donors (Lipinski definition) is 0. The largest absolute Gasteiger partial charge is 0.253 e. The Hall–Kier alpha value is -0.680. The predicted molar refractivity (Wildman–Crippen MR) is 83.4 cm³/mol. The third-order valence-electron chi connectivity index (χ3n) is 3.73. The highest BCUT2D eigenvalue weighted by atomic mass is 31.1. The van der Waals surface area contributed by atoms with E-state index in [0.29, 0.717) is 5.92 Å². The van der Waals surface area contributed by atoms with Crippen LogP contribution in [0, 0.1) is 11.8 Å². The van der Waals surface area contributed by atoms with Crippen molar-refractivity contribution in [2.45, 2.75) is 39.8 Å². The molecule has 1 aromatic rings. The van der Waals surface area contributed by atoms with Crippen LogP contribution < -0.4 is 0 Å². The summed E-state index contributed by atoms with van der Waals surface area (Å²) in [7, 11) is -0.0130. The van der Waals surface area contributed by atoms with Gasteiger partial charge in [0.15, 0.2) is 0 Å². The van der Waals surface area contributed by atoms with Crippen molar-refractivity contribution in [3.05, 3.63) is 30.3 Å². The molecule has 1 saturated heterocycles. The van der Waals surface area contributed by atoms with Gasteiger partial charge in [0.25, 0.3) is 0 Å². The normalized spacial score (nSPS) is 26.4. The summed E-state index contributed by atoms with van der Waals surface area (Å²) in [6, 6.07) is 10.5. The van der Waals surface area contributed by atoms with E-state index in [1.165, 1.54) is 18.0 Å². The highest BCUT2D eigenvalue weighted by Crippen LogP contribution is 2.54. The summed E-state index contributed by atoms with van der Waals surface area (Å²) >= 11 is 0. The van der Waals surface area contributed by atoms with Crippen LogP contribution in [0.5, 0.6) is 0 Å². The molecule has 98 valence electrons. The third-order valence-corrected chi connectivity index (χ3v) is 6.74. The molecule has 2 atom stereocenters. The first-order chi connectivity index (χ1) is 8.59. The number of benzene rings is 1. The van der Waals surface area contributed by atoms with Crippen LogP contribution in [0.25, 0.3) is 0 Å². The minimum atomic E-state index is -0.0130. The maximum absolute atomic E-state index is 5.01. The van der Waals surface area contributed by atoms with Gasteiger partial charge in [-0.25, -0.2) is 0 Å². The minimum Gasteiger partial charge on any atom is -0.253 e. The minimum absolute atomic E-state index is 0.0130. The van der Waals surface area contributed by atoms with Gasteiger partial charge in [-0.05, 0) is 36.3 Å². The fraction of sp³-hybridized carbons (Fsp3) is 0.562. The van der Waals surface area contributed by atoms with Gasteiger partial charge >= 0.3 is 0 Å². The molecule has 1 aromatic carbocycles. The van der Waals surface area contributed by atoms with Crippen LogP contribution in [0.15, 0.2) is 35.3 Å². The molecule has 0 aromatic heterocycles. The van der Waals surface area contributed by atoms with Crippen molar-refractivity contribution in [3.8, 4) is 0 Å². The van der Waals surface area contributed by atoms with E-state index in [-0.39, 0.29) is 7.92 Å². The van der Waals surface area contributed by atoms with Gasteiger partial charge in [0.1, 0.15) is 0 Å². The molecule has 0 N–H and O–H groups in total. The summed E-state index contributed by atoms with van der Waals surface area (Å²) in [6.07, 6.45) is 2.72. The molecule has 1 aliphatic heterocycles. The van der Waals surface area contributed by atoms with Gasteiger partial charge in [-0.1, -0.05) is 53.8 Å². The quantitative estimate of drug-likeness (QED) is 0.656. The first kappa shape index (κ1) is 13.7. The first-order valence-corrected chi connectivity index (χ1v) is 8.59. The summed E-state index contributed by atoms with van der Waals surface area (Å²) in [4.78, 5) is 5.01. The van der Waals surface area contributed by atoms with E-state index in [2.05, 4.69) is 58.0 Å². The second-order valence-electron chi connectivity index (χ2n) is 5.73. The van der Waals surface area contributed by atoms with Crippen molar-refractivity contribution >= 4 is 19.1 Å². The van der Waals surface area contributed by atoms with Gasteiger partial charge in [0.2, 0.25) is 0 Å². The molecule has 0 saturated carbocycles. The third kappa shape index (κ3) is 3.01. The number of aliphatic imine (C=N–C) groups is 1. The Balaban J connectivity index is 2.32. The Morgan fingerprint density at radius 1 is 1.11 bits per heavy atom. The van der Waals surface area contributed by atoms with Crippen LogP contribution in [0.2, 0.25) is 0 Å². The molecule has 2 heteroatoms. The molecule has 0 radical (unpaired) electrons. The SMILES string of the molecule is CC(C)C1CCP(C(C)C)C1=Nc1ccccc1. The van der Waals surface area contributed by atoms with E-state index in [1.807, 2.05) is 0 Å². The van der Waals surface area contributed by atoms with Crippen molar-refractivity contribution in [1.82, 2.24) is 0 Å². The maximum atomic E-state index is 5.01. The van der Waals surface area contributed by atoms with E-state index in [1.54, 1.807) is 0 Å². The Bertz CT molecular complexity index is 390. The highest BCUT2D eigenvalue weighted by molar-refractivity contribution is 7.76. The average Bonchev–Trinajstić information content (AvgIpc) is 2.74. The second kappa shape index (κ2) is 5.97. The number of para-hydroxylation sites is 1. The van der Waals surface area contributed by atoms with E-state index >= 15 is 0 Å². The standard InChI is InChI=1S/C16H24NP/c1-12(2)15-10-11-18(13(3)4)16(15)17-14-8-6-5-7-9-14/h5-9,12-13,15H,10-11H2,1-4H3. The maximum Gasteiger partial charge on any atom is 0.0633 e. The molecule has 2 rings (SSSR count). The number of rotatable bonds is 3. The van der Waals surface area contributed by atoms with Crippen LogP contribution in [0.4, 0.5) is 5.69 Å². The van der Waals surface area contributed by atoms with Gasteiger partial charge in [-0.3, -0.25) is 4.99 Å². The zero-order chi connectivity index (χ0) is 13.1. The zero-order valence-electron chi connectivity index (χ0n) is 11.9. The van der Waals surface area contributed by atoms with Crippen molar-refractivity contribution in [3.63, 3.8) is 0 Å². The van der Waals surface area contributed by atoms with Crippen molar-refractivity contribution < 1.29 is 0 Å². The molecule has 0 aliphatic carbocycles. The van der Waals surface area contributed by atoms with Crippen LogP contribution in [0.1, 0.15) is 34.1 Å². The Morgan fingerprint density at radius 2 is 1.78 bits per heavy atom. The lowest BCUT2D eigenvalue weighted by Gasteiger charge is -2.21. The van der Waals surface area contributed by atoms with Crippen LogP contribution in [0.3, 0.4) is 0 Å². The second-order valence-corrected chi connectivity index (χ2v) is 8.61. The van der Waals surface area contributed by atoms with Crippen molar-refractivity contribution in [1.29, 1.82) is 0 Å². The van der Waals surface area contributed by atoms with E-state index < -0.39 is 0 Å². The lowest BCUT2D eigenvalue weighted by molar-refractivity contribution is 0.496. The van der Waals surface area contributed by atoms with Gasteiger partial charge < -0.3 is 0 Å². The van der Waals surface area contributed by atoms with Crippen LogP contribution in [-0.4, -0.2) is 17.3 Å². The van der Waals surface area contributed by atoms with E-state index in [0.717, 1.165) is 17.3 Å². The van der Waals surface area contributed by atoms with Gasteiger partial charge in [0.05, 0.1) is 5.69 Å². The number of hydrogen-bond acceptors (Lipinski definition) is 1. The Morgan fingerprint density at radius 3 is 2.33 bits per heavy atom. The summed E-state index contributed by atoms with van der Waals surface area (Å²) < 4.78 is 0. The summed E-state index contributed by atoms with van der Waals surface area (Å²) in [5.74, 6) is 1.43. The molecule has 2 unspecified atom stereocenters. The zero-order valence-corrected chi connectivity index (χ0v) is 12.8. The molecule has 1 heterocycles. The van der Waals surface area contributed by atoms with Gasteiger partial charge in [0, 0.05) is 11.4 Å². The fourth-order valence-corrected chi connectivity index (χ4v) is 5.60. The molecule has 1 aliphatic rings. The molecule has 0 spiro atoms. The number of nitrogens with zero attached hydrogens (tertiary/aromatic N) is 1. The molecule has 1 nitrogen and oxygen atoms in total.